The third kappa shape index (κ3) is 7.02. The maximum atomic E-state index is 12.6. The minimum absolute atomic E-state index is 0.101. The Morgan fingerprint density at radius 1 is 1.03 bits per heavy atom. The van der Waals surface area contributed by atoms with E-state index in [4.69, 9.17) is 17.0 Å². The Bertz CT molecular complexity index is 1250. The highest BCUT2D eigenvalue weighted by Crippen LogP contribution is 2.28. The lowest BCUT2D eigenvalue weighted by atomic mass is 10.1. The molecule has 0 spiro atoms. The van der Waals surface area contributed by atoms with E-state index in [1.165, 1.54) is 23.8 Å². The van der Waals surface area contributed by atoms with Gasteiger partial charge in [-0.05, 0) is 61.1 Å². The van der Waals surface area contributed by atoms with Crippen molar-refractivity contribution in [1.82, 2.24) is 10.2 Å². The lowest BCUT2D eigenvalue weighted by Crippen LogP contribution is -2.45. The van der Waals surface area contributed by atoms with Crippen LogP contribution in [0, 0.1) is 10.1 Å². The Morgan fingerprint density at radius 2 is 1.73 bits per heavy atom. The zero-order chi connectivity index (χ0) is 26.2. The zero-order valence-electron chi connectivity index (χ0n) is 20.6. The molecule has 0 aliphatic carbocycles. The number of nitrogens with zero attached hydrogens (tertiary/aromatic N) is 3. The van der Waals surface area contributed by atoms with Crippen molar-refractivity contribution in [2.45, 2.75) is 13.5 Å². The molecule has 3 aromatic carbocycles. The average molecular weight is 520 g/mol. The van der Waals surface area contributed by atoms with Crippen LogP contribution in [0.5, 0.6) is 5.75 Å². The summed E-state index contributed by atoms with van der Waals surface area (Å²) in [6.45, 7) is 6.86. The minimum atomic E-state index is -0.580. The topological polar surface area (TPSA) is 100.0 Å². The number of hydrogen-bond acceptors (Lipinski definition) is 7. The molecule has 192 valence electrons. The Hall–Kier alpha value is -4.02. The summed E-state index contributed by atoms with van der Waals surface area (Å²) in [7, 11) is 0. The fraction of sp³-hybridized carbons (Fsp3) is 0.259. The Morgan fingerprint density at radius 3 is 2.38 bits per heavy atom. The van der Waals surface area contributed by atoms with E-state index in [2.05, 4.69) is 44.7 Å². The van der Waals surface area contributed by atoms with Gasteiger partial charge in [-0.2, -0.15) is 0 Å². The quantitative estimate of drug-likeness (QED) is 0.256. The first kappa shape index (κ1) is 26.1. The number of anilines is 2. The molecule has 0 atom stereocenters. The fourth-order valence-electron chi connectivity index (χ4n) is 4.18. The molecule has 0 unspecified atom stereocenters. The van der Waals surface area contributed by atoms with Gasteiger partial charge in [0.25, 0.3) is 5.91 Å². The number of ether oxygens (including phenoxy) is 1. The molecule has 1 amide bonds. The van der Waals surface area contributed by atoms with Crippen molar-refractivity contribution in [2.75, 3.05) is 43.0 Å². The van der Waals surface area contributed by atoms with Crippen LogP contribution >= 0.6 is 12.2 Å². The summed E-state index contributed by atoms with van der Waals surface area (Å²) in [5.41, 5.74) is 3.03. The molecule has 0 saturated carbocycles. The zero-order valence-corrected chi connectivity index (χ0v) is 21.4. The molecular weight excluding hydrogens is 490 g/mol. The van der Waals surface area contributed by atoms with Crippen molar-refractivity contribution in [2.24, 2.45) is 0 Å². The number of carbonyl (C=O) groups is 1. The van der Waals surface area contributed by atoms with Gasteiger partial charge in [-0.15, -0.1) is 0 Å². The second kappa shape index (κ2) is 12.3. The molecule has 37 heavy (non-hydrogen) atoms. The number of nitro groups is 1. The molecule has 1 fully saturated rings. The van der Waals surface area contributed by atoms with Crippen LogP contribution in [0.15, 0.2) is 72.8 Å². The first-order valence-corrected chi connectivity index (χ1v) is 12.5. The van der Waals surface area contributed by atoms with E-state index < -0.39 is 10.8 Å². The van der Waals surface area contributed by atoms with Crippen molar-refractivity contribution in [1.29, 1.82) is 0 Å². The number of thiocarbonyl (C=S) groups is 1. The van der Waals surface area contributed by atoms with Crippen LogP contribution in [-0.2, 0) is 6.54 Å². The number of amides is 1. The van der Waals surface area contributed by atoms with Gasteiger partial charge in [0.15, 0.2) is 10.9 Å². The van der Waals surface area contributed by atoms with Crippen molar-refractivity contribution in [3.8, 4) is 5.75 Å². The maximum Gasteiger partial charge on any atom is 0.311 e. The maximum absolute atomic E-state index is 12.6. The van der Waals surface area contributed by atoms with Crippen LogP contribution in [0.1, 0.15) is 22.8 Å². The highest BCUT2D eigenvalue weighted by atomic mass is 32.1. The van der Waals surface area contributed by atoms with E-state index in [1.54, 1.807) is 6.92 Å². The van der Waals surface area contributed by atoms with E-state index in [0.717, 1.165) is 44.1 Å². The SMILES string of the molecule is CCOc1ccc(C(=O)NC(=S)Nc2ccc(N3CCN(Cc4ccccc4)CC3)cc2)cc1[N+](=O)[O-]. The predicted octanol–water partition coefficient (Wildman–Crippen LogP) is 4.44. The first-order valence-electron chi connectivity index (χ1n) is 12.1. The summed E-state index contributed by atoms with van der Waals surface area (Å²) in [5, 5.41) is 17.0. The van der Waals surface area contributed by atoms with Crippen LogP contribution in [0.3, 0.4) is 0 Å². The van der Waals surface area contributed by atoms with Gasteiger partial charge in [-0.25, -0.2) is 0 Å². The van der Waals surface area contributed by atoms with E-state index in [1.807, 2.05) is 30.3 Å². The molecule has 4 rings (SSSR count). The van der Waals surface area contributed by atoms with E-state index >= 15 is 0 Å². The highest BCUT2D eigenvalue weighted by molar-refractivity contribution is 7.80. The number of piperazine rings is 1. The largest absolute Gasteiger partial charge is 0.487 e. The molecule has 3 aromatic rings. The predicted molar refractivity (Wildman–Crippen MR) is 148 cm³/mol. The Labute approximate surface area is 221 Å². The van der Waals surface area contributed by atoms with Gasteiger partial charge in [0.1, 0.15) is 0 Å². The van der Waals surface area contributed by atoms with Gasteiger partial charge in [0.2, 0.25) is 0 Å². The summed E-state index contributed by atoms with van der Waals surface area (Å²) in [5.74, 6) is -0.434. The van der Waals surface area contributed by atoms with Gasteiger partial charge < -0.3 is 15.0 Å². The summed E-state index contributed by atoms with van der Waals surface area (Å²) < 4.78 is 5.26. The number of nitrogens with one attached hydrogen (secondary N) is 2. The Kier molecular flexibility index (Phi) is 8.65. The molecule has 0 aromatic heterocycles. The molecule has 1 heterocycles. The summed E-state index contributed by atoms with van der Waals surface area (Å²) in [6, 6.07) is 22.4. The minimum Gasteiger partial charge on any atom is -0.487 e. The summed E-state index contributed by atoms with van der Waals surface area (Å²) in [4.78, 5) is 28.1. The number of carbonyl (C=O) groups excluding carboxylic acids is 1. The lowest BCUT2D eigenvalue weighted by Gasteiger charge is -2.36. The molecule has 10 heteroatoms. The standard InChI is InChI=1S/C27H29N5O4S/c1-2-36-25-13-8-21(18-24(25)32(34)35)26(33)29-27(37)28-22-9-11-23(12-10-22)31-16-14-30(15-17-31)19-20-6-4-3-5-7-20/h3-13,18H,2,14-17,19H2,1H3,(H2,28,29,33,37). The second-order valence-electron chi connectivity index (χ2n) is 8.58. The van der Waals surface area contributed by atoms with Gasteiger partial charge in [-0.3, -0.25) is 25.1 Å². The van der Waals surface area contributed by atoms with Crippen molar-refractivity contribution in [3.63, 3.8) is 0 Å². The Balaban J connectivity index is 1.28. The molecular formula is C27H29N5O4S. The molecule has 1 aliphatic heterocycles. The second-order valence-corrected chi connectivity index (χ2v) is 8.98. The van der Waals surface area contributed by atoms with E-state index in [-0.39, 0.29) is 28.7 Å². The van der Waals surface area contributed by atoms with Crippen molar-refractivity contribution >= 4 is 40.3 Å². The third-order valence-electron chi connectivity index (χ3n) is 6.06. The van der Waals surface area contributed by atoms with Crippen molar-refractivity contribution < 1.29 is 14.5 Å². The number of benzene rings is 3. The number of rotatable bonds is 8. The smallest absolute Gasteiger partial charge is 0.311 e. The molecule has 9 nitrogen and oxygen atoms in total. The van der Waals surface area contributed by atoms with Crippen molar-refractivity contribution in [3.05, 3.63) is 94.0 Å². The summed E-state index contributed by atoms with van der Waals surface area (Å²) >= 11 is 5.27. The monoisotopic (exact) mass is 519 g/mol. The average Bonchev–Trinajstić information content (AvgIpc) is 2.90. The molecule has 0 radical (unpaired) electrons. The third-order valence-corrected chi connectivity index (χ3v) is 6.26. The number of nitro benzene ring substituents is 1. The van der Waals surface area contributed by atoms with Gasteiger partial charge >= 0.3 is 5.69 Å². The van der Waals surface area contributed by atoms with Crippen LogP contribution in [0.25, 0.3) is 0 Å². The summed E-state index contributed by atoms with van der Waals surface area (Å²) in [6.07, 6.45) is 0. The molecule has 1 saturated heterocycles. The van der Waals surface area contributed by atoms with Gasteiger partial charge in [0, 0.05) is 55.7 Å². The normalized spacial score (nSPS) is 13.6. The fourth-order valence-corrected chi connectivity index (χ4v) is 4.39. The van der Waals surface area contributed by atoms with Crippen LogP contribution in [0.2, 0.25) is 0 Å². The van der Waals surface area contributed by atoms with Crippen LogP contribution in [0.4, 0.5) is 17.1 Å². The first-order chi connectivity index (χ1) is 17.9. The lowest BCUT2D eigenvalue weighted by molar-refractivity contribution is -0.385. The molecule has 2 N–H and O–H groups in total. The highest BCUT2D eigenvalue weighted by Gasteiger charge is 2.20. The van der Waals surface area contributed by atoms with E-state index in [9.17, 15) is 14.9 Å². The van der Waals surface area contributed by atoms with Crippen LogP contribution in [-0.4, -0.2) is 53.6 Å². The van der Waals surface area contributed by atoms with Crippen LogP contribution < -0.4 is 20.3 Å². The molecule has 1 aliphatic rings. The van der Waals surface area contributed by atoms with Gasteiger partial charge in [-0.1, -0.05) is 30.3 Å². The van der Waals surface area contributed by atoms with Gasteiger partial charge in [0.05, 0.1) is 11.5 Å². The molecule has 0 bridgehead atoms. The number of hydrogen-bond donors (Lipinski definition) is 2. The van der Waals surface area contributed by atoms with E-state index in [0.29, 0.717) is 0 Å².